The average Bonchev–Trinajstić information content (AvgIpc) is 2.94. The molecule has 1 aromatic heterocycles. The summed E-state index contributed by atoms with van der Waals surface area (Å²) in [5, 5.41) is 0. The first-order chi connectivity index (χ1) is 10.6. The Balaban J connectivity index is 0.000000847. The Bertz CT molecular complexity index is 444. The summed E-state index contributed by atoms with van der Waals surface area (Å²) < 4.78 is 2.48. The van der Waals surface area contributed by atoms with Gasteiger partial charge in [-0.3, -0.25) is 4.90 Å². The molecular formula is C18H34N4. The SMILES string of the molecule is CC.CC(C)C1CCn2c(cnc2CN2CCN(C)CC2)C1. The van der Waals surface area contributed by atoms with Gasteiger partial charge in [0.05, 0.1) is 6.54 Å². The molecule has 4 nitrogen and oxygen atoms in total. The largest absolute Gasteiger partial charge is 0.331 e. The van der Waals surface area contributed by atoms with Crippen molar-refractivity contribution in [3.05, 3.63) is 17.7 Å². The van der Waals surface area contributed by atoms with Crippen LogP contribution in [0.1, 0.15) is 45.6 Å². The lowest BCUT2D eigenvalue weighted by molar-refractivity contribution is 0.143. The number of hydrogen-bond donors (Lipinski definition) is 0. The fourth-order valence-corrected chi connectivity index (χ4v) is 3.46. The molecular weight excluding hydrogens is 272 g/mol. The number of piperazine rings is 1. The van der Waals surface area contributed by atoms with Gasteiger partial charge in [0.15, 0.2) is 0 Å². The quantitative estimate of drug-likeness (QED) is 0.858. The summed E-state index contributed by atoms with van der Waals surface area (Å²) in [4.78, 5) is 9.67. The minimum atomic E-state index is 0.791. The molecule has 22 heavy (non-hydrogen) atoms. The monoisotopic (exact) mass is 306 g/mol. The second-order valence-electron chi connectivity index (χ2n) is 6.89. The van der Waals surface area contributed by atoms with Crippen molar-refractivity contribution in [2.45, 2.75) is 53.6 Å². The van der Waals surface area contributed by atoms with Gasteiger partial charge in [-0.05, 0) is 31.7 Å². The van der Waals surface area contributed by atoms with Crippen LogP contribution in [0, 0.1) is 11.8 Å². The molecule has 2 aliphatic rings. The summed E-state index contributed by atoms with van der Waals surface area (Å²) in [6.07, 6.45) is 4.66. The van der Waals surface area contributed by atoms with Crippen molar-refractivity contribution in [1.82, 2.24) is 19.4 Å². The maximum atomic E-state index is 4.71. The third kappa shape index (κ3) is 4.11. The Morgan fingerprint density at radius 3 is 2.45 bits per heavy atom. The maximum Gasteiger partial charge on any atom is 0.123 e. The van der Waals surface area contributed by atoms with E-state index in [-0.39, 0.29) is 0 Å². The van der Waals surface area contributed by atoms with Crippen molar-refractivity contribution >= 4 is 0 Å². The molecule has 1 unspecified atom stereocenters. The van der Waals surface area contributed by atoms with E-state index in [0.29, 0.717) is 0 Å². The molecule has 3 rings (SSSR count). The molecule has 0 aliphatic carbocycles. The van der Waals surface area contributed by atoms with Gasteiger partial charge >= 0.3 is 0 Å². The molecule has 4 heteroatoms. The van der Waals surface area contributed by atoms with Crippen molar-refractivity contribution in [1.29, 1.82) is 0 Å². The molecule has 0 saturated carbocycles. The van der Waals surface area contributed by atoms with Crippen LogP contribution in [0.3, 0.4) is 0 Å². The lowest BCUT2D eigenvalue weighted by Gasteiger charge is -2.33. The topological polar surface area (TPSA) is 24.3 Å². The van der Waals surface area contributed by atoms with Crippen LogP contribution in [0.25, 0.3) is 0 Å². The Labute approximate surface area is 136 Å². The van der Waals surface area contributed by atoms with Gasteiger partial charge in [0, 0.05) is 44.6 Å². The van der Waals surface area contributed by atoms with Crippen LogP contribution in [0.15, 0.2) is 6.20 Å². The van der Waals surface area contributed by atoms with Gasteiger partial charge in [-0.1, -0.05) is 27.7 Å². The number of hydrogen-bond acceptors (Lipinski definition) is 3. The number of imidazole rings is 1. The van der Waals surface area contributed by atoms with E-state index in [1.54, 1.807) is 0 Å². The molecule has 1 atom stereocenters. The zero-order valence-corrected chi connectivity index (χ0v) is 15.2. The van der Waals surface area contributed by atoms with Crippen LogP contribution >= 0.6 is 0 Å². The first kappa shape index (κ1) is 17.5. The molecule has 0 N–H and O–H groups in total. The van der Waals surface area contributed by atoms with Gasteiger partial charge in [-0.25, -0.2) is 4.98 Å². The number of fused-ring (bicyclic) bond motifs is 1. The van der Waals surface area contributed by atoms with E-state index in [0.717, 1.165) is 18.4 Å². The fourth-order valence-electron chi connectivity index (χ4n) is 3.46. The van der Waals surface area contributed by atoms with Gasteiger partial charge in [0.1, 0.15) is 5.82 Å². The molecule has 0 radical (unpaired) electrons. The molecule has 0 aromatic carbocycles. The van der Waals surface area contributed by atoms with Crippen molar-refractivity contribution in [2.24, 2.45) is 11.8 Å². The zero-order valence-electron chi connectivity index (χ0n) is 15.2. The molecule has 1 fully saturated rings. The van der Waals surface area contributed by atoms with E-state index in [1.807, 2.05) is 13.8 Å². The molecule has 1 aromatic rings. The lowest BCUT2D eigenvalue weighted by atomic mass is 9.86. The Morgan fingerprint density at radius 1 is 1.14 bits per heavy atom. The van der Waals surface area contributed by atoms with Crippen LogP contribution in [-0.2, 0) is 19.5 Å². The number of aromatic nitrogens is 2. The molecule has 0 amide bonds. The smallest absolute Gasteiger partial charge is 0.123 e. The van der Waals surface area contributed by atoms with Gasteiger partial charge in [-0.15, -0.1) is 0 Å². The predicted molar refractivity (Wildman–Crippen MR) is 93.0 cm³/mol. The standard InChI is InChI=1S/C16H28N4.C2H6/c1-13(2)14-4-5-20-15(10-14)11-17-16(20)12-19-8-6-18(3)7-9-19;1-2/h11,13-14H,4-10,12H2,1-3H3;1-2H3. The van der Waals surface area contributed by atoms with E-state index < -0.39 is 0 Å². The Hall–Kier alpha value is -0.870. The van der Waals surface area contributed by atoms with Crippen LogP contribution < -0.4 is 0 Å². The first-order valence-corrected chi connectivity index (χ1v) is 9.07. The third-order valence-electron chi connectivity index (χ3n) is 5.12. The van der Waals surface area contributed by atoms with E-state index >= 15 is 0 Å². The minimum absolute atomic E-state index is 0.791. The molecule has 1 saturated heterocycles. The van der Waals surface area contributed by atoms with Crippen molar-refractivity contribution < 1.29 is 0 Å². The summed E-state index contributed by atoms with van der Waals surface area (Å²) >= 11 is 0. The van der Waals surface area contributed by atoms with Crippen LogP contribution in [0.2, 0.25) is 0 Å². The van der Waals surface area contributed by atoms with Gasteiger partial charge in [-0.2, -0.15) is 0 Å². The van der Waals surface area contributed by atoms with Crippen molar-refractivity contribution in [3.63, 3.8) is 0 Å². The van der Waals surface area contributed by atoms with Crippen LogP contribution in [0.5, 0.6) is 0 Å². The molecule has 2 aliphatic heterocycles. The first-order valence-electron chi connectivity index (χ1n) is 9.07. The van der Waals surface area contributed by atoms with E-state index in [9.17, 15) is 0 Å². The van der Waals surface area contributed by atoms with Crippen molar-refractivity contribution in [2.75, 3.05) is 33.2 Å². The highest BCUT2D eigenvalue weighted by Crippen LogP contribution is 2.27. The Kier molecular flexibility index (Phi) is 6.45. The molecule has 3 heterocycles. The highest BCUT2D eigenvalue weighted by atomic mass is 15.3. The van der Waals surface area contributed by atoms with E-state index in [2.05, 4.69) is 41.5 Å². The Morgan fingerprint density at radius 2 is 1.82 bits per heavy atom. The lowest BCUT2D eigenvalue weighted by Crippen LogP contribution is -2.44. The van der Waals surface area contributed by atoms with E-state index in [4.69, 9.17) is 4.98 Å². The van der Waals surface area contributed by atoms with Crippen LogP contribution in [-0.4, -0.2) is 52.6 Å². The molecule has 0 spiro atoms. The highest BCUT2D eigenvalue weighted by molar-refractivity contribution is 5.09. The van der Waals surface area contributed by atoms with Gasteiger partial charge in [0.2, 0.25) is 0 Å². The average molecular weight is 306 g/mol. The van der Waals surface area contributed by atoms with Gasteiger partial charge < -0.3 is 9.47 Å². The summed E-state index contributed by atoms with van der Waals surface area (Å²) in [7, 11) is 2.21. The van der Waals surface area contributed by atoms with E-state index in [1.165, 1.54) is 57.1 Å². The second-order valence-corrected chi connectivity index (χ2v) is 6.89. The molecule has 0 bridgehead atoms. The summed E-state index contributed by atoms with van der Waals surface area (Å²) in [6.45, 7) is 15.6. The summed E-state index contributed by atoms with van der Waals surface area (Å²) in [5.41, 5.74) is 1.46. The second kappa shape index (κ2) is 8.11. The normalized spacial score (nSPS) is 23.1. The summed E-state index contributed by atoms with van der Waals surface area (Å²) in [6, 6.07) is 0. The fraction of sp³-hybridized carbons (Fsp3) is 0.833. The van der Waals surface area contributed by atoms with Gasteiger partial charge in [0.25, 0.3) is 0 Å². The molecule has 126 valence electrons. The number of rotatable bonds is 3. The minimum Gasteiger partial charge on any atom is -0.331 e. The predicted octanol–water partition coefficient (Wildman–Crippen LogP) is 2.88. The summed E-state index contributed by atoms with van der Waals surface area (Å²) in [5.74, 6) is 2.92. The van der Waals surface area contributed by atoms with Crippen molar-refractivity contribution in [3.8, 4) is 0 Å². The zero-order chi connectivity index (χ0) is 16.1. The maximum absolute atomic E-state index is 4.71. The highest BCUT2D eigenvalue weighted by Gasteiger charge is 2.24. The van der Waals surface area contributed by atoms with Crippen LogP contribution in [0.4, 0.5) is 0 Å². The number of nitrogens with zero attached hydrogens (tertiary/aromatic N) is 4. The third-order valence-corrected chi connectivity index (χ3v) is 5.12. The number of likely N-dealkylation sites (N-methyl/N-ethyl adjacent to an activating group) is 1.